The van der Waals surface area contributed by atoms with Crippen molar-refractivity contribution < 1.29 is 4.39 Å². The predicted octanol–water partition coefficient (Wildman–Crippen LogP) is 3.88. The summed E-state index contributed by atoms with van der Waals surface area (Å²) in [6.07, 6.45) is 1.79. The third kappa shape index (κ3) is 1.56. The fourth-order valence-corrected chi connectivity index (χ4v) is 2.00. The van der Waals surface area contributed by atoms with Crippen LogP contribution in [0.2, 0.25) is 0 Å². The lowest BCUT2D eigenvalue weighted by atomic mass is 10.2. The molecule has 0 atom stereocenters. The molecule has 0 spiro atoms. The third-order valence-electron chi connectivity index (χ3n) is 2.78. The average molecular weight is 215 g/mol. The van der Waals surface area contributed by atoms with Gasteiger partial charge in [0.25, 0.3) is 0 Å². The summed E-state index contributed by atoms with van der Waals surface area (Å²) in [6.45, 7) is 7.69. The van der Waals surface area contributed by atoms with Crippen molar-refractivity contribution in [3.63, 3.8) is 0 Å². The van der Waals surface area contributed by atoms with Gasteiger partial charge in [-0.1, -0.05) is 24.8 Å². The Balaban J connectivity index is 2.69. The first-order valence-electron chi connectivity index (χ1n) is 5.21. The van der Waals surface area contributed by atoms with Crippen LogP contribution in [0, 0.1) is 19.7 Å². The Bertz CT molecular complexity index is 538. The Morgan fingerprint density at radius 3 is 2.50 bits per heavy atom. The second-order valence-corrected chi connectivity index (χ2v) is 3.82. The molecule has 2 heteroatoms. The summed E-state index contributed by atoms with van der Waals surface area (Å²) in [7, 11) is 0. The van der Waals surface area contributed by atoms with Crippen LogP contribution in [0.25, 0.3) is 11.8 Å². The first-order chi connectivity index (χ1) is 7.65. The number of nitrogens with zero attached hydrogens (tertiary/aromatic N) is 1. The van der Waals surface area contributed by atoms with Crippen LogP contribution >= 0.6 is 0 Å². The highest BCUT2D eigenvalue weighted by atomic mass is 19.1. The van der Waals surface area contributed by atoms with Gasteiger partial charge in [-0.25, -0.2) is 4.39 Å². The van der Waals surface area contributed by atoms with Gasteiger partial charge >= 0.3 is 0 Å². The van der Waals surface area contributed by atoms with Gasteiger partial charge in [0.1, 0.15) is 5.82 Å². The zero-order valence-electron chi connectivity index (χ0n) is 9.50. The number of para-hydroxylation sites is 1. The van der Waals surface area contributed by atoms with Gasteiger partial charge in [0.15, 0.2) is 0 Å². The molecule has 16 heavy (non-hydrogen) atoms. The summed E-state index contributed by atoms with van der Waals surface area (Å²) in [5.74, 6) is -0.208. The maximum atomic E-state index is 13.7. The molecule has 0 unspecified atom stereocenters. The topological polar surface area (TPSA) is 4.93 Å². The molecule has 0 N–H and O–H groups in total. The minimum absolute atomic E-state index is 0.208. The second kappa shape index (κ2) is 3.97. The normalized spacial score (nSPS) is 10.4. The van der Waals surface area contributed by atoms with E-state index in [0.717, 1.165) is 17.0 Å². The molecule has 0 radical (unpaired) electrons. The molecule has 1 aromatic carbocycles. The number of hydrogen-bond donors (Lipinski definition) is 0. The highest BCUT2D eigenvalue weighted by Gasteiger charge is 2.11. The van der Waals surface area contributed by atoms with E-state index in [-0.39, 0.29) is 5.82 Å². The Labute approximate surface area is 94.8 Å². The van der Waals surface area contributed by atoms with Gasteiger partial charge < -0.3 is 4.57 Å². The summed E-state index contributed by atoms with van der Waals surface area (Å²) >= 11 is 0. The number of hydrogen-bond acceptors (Lipinski definition) is 0. The van der Waals surface area contributed by atoms with E-state index in [0.29, 0.717) is 5.69 Å². The Morgan fingerprint density at radius 1 is 1.25 bits per heavy atom. The van der Waals surface area contributed by atoms with Crippen LogP contribution in [0.3, 0.4) is 0 Å². The quantitative estimate of drug-likeness (QED) is 0.716. The summed E-state index contributed by atoms with van der Waals surface area (Å²) < 4.78 is 15.6. The van der Waals surface area contributed by atoms with E-state index in [9.17, 15) is 4.39 Å². The van der Waals surface area contributed by atoms with Crippen LogP contribution in [0.1, 0.15) is 17.0 Å². The molecule has 0 saturated carbocycles. The lowest BCUT2D eigenvalue weighted by molar-refractivity contribution is 0.616. The molecule has 0 aliphatic rings. The van der Waals surface area contributed by atoms with E-state index in [2.05, 4.69) is 6.58 Å². The van der Waals surface area contributed by atoms with E-state index in [1.54, 1.807) is 18.2 Å². The standard InChI is InChI=1S/C14H14FN/c1-4-12-9-10(2)16(11(12)3)14-8-6-5-7-13(14)15/h4-9H,1H2,2-3H3. The minimum atomic E-state index is -0.208. The molecule has 0 aliphatic carbocycles. The summed E-state index contributed by atoms with van der Waals surface area (Å²) in [4.78, 5) is 0. The highest BCUT2D eigenvalue weighted by molar-refractivity contribution is 5.54. The molecule has 1 heterocycles. The van der Waals surface area contributed by atoms with Crippen LogP contribution in [0.5, 0.6) is 0 Å². The number of benzene rings is 1. The molecule has 1 aromatic heterocycles. The maximum absolute atomic E-state index is 13.7. The summed E-state index contributed by atoms with van der Waals surface area (Å²) in [5, 5.41) is 0. The first-order valence-corrected chi connectivity index (χ1v) is 5.21. The molecule has 0 fully saturated rings. The fraction of sp³-hybridized carbons (Fsp3) is 0.143. The first kappa shape index (κ1) is 10.7. The van der Waals surface area contributed by atoms with Crippen molar-refractivity contribution in [1.82, 2.24) is 4.57 Å². The molecular weight excluding hydrogens is 201 g/mol. The second-order valence-electron chi connectivity index (χ2n) is 3.82. The predicted molar refractivity (Wildman–Crippen MR) is 65.3 cm³/mol. The molecule has 0 aliphatic heterocycles. The van der Waals surface area contributed by atoms with Crippen molar-refractivity contribution in [3.05, 3.63) is 59.7 Å². The monoisotopic (exact) mass is 215 g/mol. The molecule has 0 bridgehead atoms. The fourth-order valence-electron chi connectivity index (χ4n) is 2.00. The molecular formula is C14H14FN. The number of rotatable bonds is 2. The van der Waals surface area contributed by atoms with Crippen molar-refractivity contribution >= 4 is 6.08 Å². The highest BCUT2D eigenvalue weighted by Crippen LogP contribution is 2.23. The van der Waals surface area contributed by atoms with E-state index < -0.39 is 0 Å². The van der Waals surface area contributed by atoms with Crippen molar-refractivity contribution in [2.75, 3.05) is 0 Å². The maximum Gasteiger partial charge on any atom is 0.147 e. The Kier molecular flexibility index (Phi) is 2.65. The third-order valence-corrected chi connectivity index (χ3v) is 2.78. The van der Waals surface area contributed by atoms with Crippen LogP contribution in [0.15, 0.2) is 36.9 Å². The van der Waals surface area contributed by atoms with Gasteiger partial charge in [0, 0.05) is 11.4 Å². The van der Waals surface area contributed by atoms with Gasteiger partial charge in [-0.2, -0.15) is 0 Å². The van der Waals surface area contributed by atoms with Gasteiger partial charge in [-0.05, 0) is 37.6 Å². The van der Waals surface area contributed by atoms with Crippen LogP contribution in [-0.2, 0) is 0 Å². The van der Waals surface area contributed by atoms with Crippen molar-refractivity contribution in [2.24, 2.45) is 0 Å². The molecule has 82 valence electrons. The number of aromatic nitrogens is 1. The lowest BCUT2D eigenvalue weighted by Crippen LogP contribution is -2.01. The lowest BCUT2D eigenvalue weighted by Gasteiger charge is -2.10. The Hall–Kier alpha value is -1.83. The van der Waals surface area contributed by atoms with Crippen LogP contribution < -0.4 is 0 Å². The molecule has 0 saturated heterocycles. The number of aryl methyl sites for hydroxylation is 1. The average Bonchev–Trinajstić information content (AvgIpc) is 2.55. The van der Waals surface area contributed by atoms with Crippen LogP contribution in [0.4, 0.5) is 4.39 Å². The minimum Gasteiger partial charge on any atom is -0.315 e. The molecule has 2 aromatic rings. The van der Waals surface area contributed by atoms with Gasteiger partial charge in [0.05, 0.1) is 5.69 Å². The summed E-state index contributed by atoms with van der Waals surface area (Å²) in [5.41, 5.74) is 3.65. The smallest absolute Gasteiger partial charge is 0.147 e. The van der Waals surface area contributed by atoms with E-state index in [1.807, 2.05) is 30.5 Å². The number of halogens is 1. The molecule has 0 amide bonds. The summed E-state index contributed by atoms with van der Waals surface area (Å²) in [6, 6.07) is 8.80. The SMILES string of the molecule is C=Cc1cc(C)n(-c2ccccc2F)c1C. The van der Waals surface area contributed by atoms with Crippen molar-refractivity contribution in [1.29, 1.82) is 0 Å². The largest absolute Gasteiger partial charge is 0.315 e. The zero-order chi connectivity index (χ0) is 11.7. The molecule has 2 rings (SSSR count). The van der Waals surface area contributed by atoms with Crippen molar-refractivity contribution in [3.8, 4) is 5.69 Å². The van der Waals surface area contributed by atoms with Gasteiger partial charge in [-0.3, -0.25) is 0 Å². The molecule has 1 nitrogen and oxygen atoms in total. The van der Waals surface area contributed by atoms with Crippen molar-refractivity contribution in [2.45, 2.75) is 13.8 Å². The van der Waals surface area contributed by atoms with Gasteiger partial charge in [0.2, 0.25) is 0 Å². The Morgan fingerprint density at radius 2 is 1.94 bits per heavy atom. The van der Waals surface area contributed by atoms with Crippen LogP contribution in [-0.4, -0.2) is 4.57 Å². The van der Waals surface area contributed by atoms with E-state index in [1.165, 1.54) is 6.07 Å². The van der Waals surface area contributed by atoms with E-state index in [4.69, 9.17) is 0 Å². The van der Waals surface area contributed by atoms with E-state index >= 15 is 0 Å². The van der Waals surface area contributed by atoms with Gasteiger partial charge in [-0.15, -0.1) is 0 Å². The zero-order valence-corrected chi connectivity index (χ0v) is 9.50.